The minimum atomic E-state index is -4.85. The molecule has 0 heterocycles. The lowest BCUT2D eigenvalue weighted by Crippen LogP contribution is -2.14. The number of hydrogen-bond donors (Lipinski definition) is 5. The normalized spacial score (nSPS) is 12.2. The average Bonchev–Trinajstić information content (AvgIpc) is 3.02. The highest BCUT2D eigenvalue weighted by molar-refractivity contribution is 7.86. The monoisotopic (exact) mass is 660 g/mol. The van der Waals surface area contributed by atoms with E-state index in [1.807, 2.05) is 0 Å². The highest BCUT2D eigenvalue weighted by atomic mass is 32.2. The number of azo groups is 2. The summed E-state index contributed by atoms with van der Waals surface area (Å²) >= 11 is 0. The Kier molecular flexibility index (Phi) is 8.88. The molecule has 0 unspecified atom stereocenters. The van der Waals surface area contributed by atoms with Crippen LogP contribution in [0.1, 0.15) is 10.4 Å². The third-order valence-corrected chi connectivity index (χ3v) is 8.28. The highest BCUT2D eigenvalue weighted by Crippen LogP contribution is 2.42. The van der Waals surface area contributed by atoms with Crippen LogP contribution >= 0.6 is 0 Å². The number of carbonyl (C=O) groups is 1. The van der Waals surface area contributed by atoms with Crippen molar-refractivity contribution in [2.75, 3.05) is 17.6 Å². The van der Waals surface area contributed by atoms with Crippen molar-refractivity contribution in [2.24, 2.45) is 20.5 Å². The number of rotatable bonds is 10. The van der Waals surface area contributed by atoms with Crippen LogP contribution < -0.4 is 11.1 Å². The third kappa shape index (κ3) is 7.56. The Bertz CT molecular complexity index is 2220. The fourth-order valence-corrected chi connectivity index (χ4v) is 5.34. The van der Waals surface area contributed by atoms with Crippen LogP contribution in [-0.4, -0.2) is 43.4 Å². The van der Waals surface area contributed by atoms with Crippen molar-refractivity contribution in [3.05, 3.63) is 103 Å². The van der Waals surface area contributed by atoms with Crippen molar-refractivity contribution in [3.8, 4) is 5.75 Å². The second-order valence-corrected chi connectivity index (χ2v) is 12.6. The first-order valence-electron chi connectivity index (χ1n) is 13.2. The zero-order chi connectivity index (χ0) is 33.1. The Morgan fingerprint density at radius 1 is 0.696 bits per heavy atom. The lowest BCUT2D eigenvalue weighted by atomic mass is 10.1. The zero-order valence-corrected chi connectivity index (χ0v) is 25.1. The summed E-state index contributed by atoms with van der Waals surface area (Å²) in [6, 6.07) is 23.3. The van der Waals surface area contributed by atoms with E-state index in [2.05, 4.69) is 25.8 Å². The van der Waals surface area contributed by atoms with Gasteiger partial charge in [-0.1, -0.05) is 0 Å². The first kappa shape index (κ1) is 31.9. The van der Waals surface area contributed by atoms with E-state index < -0.39 is 36.6 Å². The van der Waals surface area contributed by atoms with E-state index in [0.717, 1.165) is 6.07 Å². The number of fused-ring (bicyclic) bond motifs is 1. The van der Waals surface area contributed by atoms with Gasteiger partial charge in [-0.05, 0) is 102 Å². The van der Waals surface area contributed by atoms with Crippen molar-refractivity contribution >= 4 is 70.9 Å². The van der Waals surface area contributed by atoms with Crippen molar-refractivity contribution in [2.45, 2.75) is 9.79 Å². The standard InChI is InChI=1S/C30H24N6O8S2/c31-20-3-1-18(2-4-20)27(37)17-32-24-11-14-26-19(15-24)16-28(46(42,43)44)29(30(26)38)36-35-22-7-5-21(6-8-22)33-34-23-9-12-25(13-10-23)45(39,40)41/h1-16,32,38H,17,31H2,(H,39,40,41)(H,42,43,44). The summed E-state index contributed by atoms with van der Waals surface area (Å²) in [7, 11) is -9.18. The van der Waals surface area contributed by atoms with Gasteiger partial charge in [0.15, 0.2) is 11.5 Å². The molecule has 0 amide bonds. The molecule has 0 fully saturated rings. The van der Waals surface area contributed by atoms with E-state index in [0.29, 0.717) is 28.3 Å². The van der Waals surface area contributed by atoms with Gasteiger partial charge in [0, 0.05) is 22.3 Å². The van der Waals surface area contributed by atoms with E-state index in [1.165, 1.54) is 60.7 Å². The maximum atomic E-state index is 12.5. The molecule has 5 rings (SSSR count). The largest absolute Gasteiger partial charge is 0.505 e. The maximum absolute atomic E-state index is 12.5. The fraction of sp³-hybridized carbons (Fsp3) is 0.0333. The molecule has 0 saturated carbocycles. The van der Waals surface area contributed by atoms with Crippen LogP contribution in [0.3, 0.4) is 0 Å². The van der Waals surface area contributed by atoms with Crippen LogP contribution in [-0.2, 0) is 20.2 Å². The minimum Gasteiger partial charge on any atom is -0.505 e. The fourth-order valence-electron chi connectivity index (χ4n) is 4.20. The van der Waals surface area contributed by atoms with Gasteiger partial charge in [-0.25, -0.2) is 0 Å². The van der Waals surface area contributed by atoms with Crippen LogP contribution in [0.15, 0.2) is 127 Å². The van der Waals surface area contributed by atoms with Crippen LogP contribution in [0.4, 0.5) is 34.1 Å². The van der Waals surface area contributed by atoms with E-state index in [4.69, 9.17) is 10.3 Å². The van der Waals surface area contributed by atoms with E-state index in [-0.39, 0.29) is 33.7 Å². The van der Waals surface area contributed by atoms with Gasteiger partial charge in [0.2, 0.25) is 0 Å². The van der Waals surface area contributed by atoms with Crippen LogP contribution in [0, 0.1) is 0 Å². The highest BCUT2D eigenvalue weighted by Gasteiger charge is 2.22. The molecule has 0 radical (unpaired) electrons. The van der Waals surface area contributed by atoms with Gasteiger partial charge in [-0.3, -0.25) is 13.9 Å². The van der Waals surface area contributed by atoms with Crippen LogP contribution in [0.2, 0.25) is 0 Å². The number of phenolic OH excluding ortho intramolecular Hbond substituents is 1. The summed E-state index contributed by atoms with van der Waals surface area (Å²) in [6.45, 7) is -0.0663. The molecule has 0 spiro atoms. The van der Waals surface area contributed by atoms with Gasteiger partial charge in [0.25, 0.3) is 20.2 Å². The first-order valence-corrected chi connectivity index (χ1v) is 16.1. The molecule has 0 aliphatic heterocycles. The first-order chi connectivity index (χ1) is 21.8. The number of nitrogen functional groups attached to an aromatic ring is 1. The number of aromatic hydroxyl groups is 1. The Morgan fingerprint density at radius 3 is 1.78 bits per heavy atom. The zero-order valence-electron chi connectivity index (χ0n) is 23.5. The number of Topliss-reactive ketones (excluding diaryl/α,β-unsaturated/α-hetero) is 1. The van der Waals surface area contributed by atoms with Crippen molar-refractivity contribution < 1.29 is 35.8 Å². The average molecular weight is 661 g/mol. The molecular formula is C30H24N6O8S2. The molecular weight excluding hydrogens is 636 g/mol. The molecule has 14 nitrogen and oxygen atoms in total. The van der Waals surface area contributed by atoms with Crippen LogP contribution in [0.5, 0.6) is 5.75 Å². The van der Waals surface area contributed by atoms with Crippen molar-refractivity contribution in [1.29, 1.82) is 0 Å². The Hall–Kier alpha value is -5.55. The second kappa shape index (κ2) is 12.8. The SMILES string of the molecule is Nc1ccc(C(=O)CNc2ccc3c(O)c(N=Nc4ccc(N=Nc5ccc(S(=O)(=O)O)cc5)cc4)c(S(=O)(=O)O)cc3c2)cc1. The van der Waals surface area contributed by atoms with E-state index in [9.17, 15) is 31.3 Å². The van der Waals surface area contributed by atoms with Gasteiger partial charge in [-0.2, -0.15) is 32.2 Å². The number of ketones is 1. The number of phenols is 1. The number of hydrogen-bond acceptors (Lipinski definition) is 12. The number of nitrogens with zero attached hydrogens (tertiary/aromatic N) is 4. The predicted molar refractivity (Wildman–Crippen MR) is 170 cm³/mol. The molecule has 16 heteroatoms. The molecule has 0 bridgehead atoms. The number of nitrogens with two attached hydrogens (primary N) is 1. The third-order valence-electron chi connectivity index (χ3n) is 6.55. The topological polar surface area (TPSA) is 234 Å². The number of anilines is 2. The Morgan fingerprint density at radius 2 is 1.24 bits per heavy atom. The smallest absolute Gasteiger partial charge is 0.296 e. The van der Waals surface area contributed by atoms with Crippen molar-refractivity contribution in [1.82, 2.24) is 0 Å². The minimum absolute atomic E-state index is 0.0663. The number of carbonyl (C=O) groups excluding carboxylic acids is 1. The maximum Gasteiger partial charge on any atom is 0.296 e. The Balaban J connectivity index is 1.35. The lowest BCUT2D eigenvalue weighted by molar-refractivity contribution is 0.101. The quantitative estimate of drug-likeness (QED) is 0.0457. The summed E-state index contributed by atoms with van der Waals surface area (Å²) in [5.74, 6) is -0.745. The second-order valence-electron chi connectivity index (χ2n) is 9.77. The summed E-state index contributed by atoms with van der Waals surface area (Å²) in [5, 5.41) is 30.3. The van der Waals surface area contributed by atoms with Gasteiger partial charge < -0.3 is 16.2 Å². The number of benzene rings is 5. The summed E-state index contributed by atoms with van der Waals surface area (Å²) in [6.07, 6.45) is 0. The van der Waals surface area contributed by atoms with Gasteiger partial charge in [-0.15, -0.1) is 5.11 Å². The van der Waals surface area contributed by atoms with Gasteiger partial charge >= 0.3 is 0 Å². The molecule has 6 N–H and O–H groups in total. The molecule has 5 aromatic carbocycles. The molecule has 0 aliphatic carbocycles. The molecule has 0 aromatic heterocycles. The lowest BCUT2D eigenvalue weighted by Gasteiger charge is -2.11. The number of nitrogens with one attached hydrogen (secondary N) is 1. The molecule has 234 valence electrons. The summed E-state index contributed by atoms with van der Waals surface area (Å²) in [4.78, 5) is 11.5. The predicted octanol–water partition coefficient (Wildman–Crippen LogP) is 6.75. The molecule has 0 aliphatic rings. The molecule has 0 atom stereocenters. The van der Waals surface area contributed by atoms with Crippen molar-refractivity contribution in [3.63, 3.8) is 0 Å². The van der Waals surface area contributed by atoms with Gasteiger partial charge in [0.1, 0.15) is 10.6 Å². The van der Waals surface area contributed by atoms with E-state index in [1.54, 1.807) is 30.3 Å². The Labute approximate surface area is 262 Å². The van der Waals surface area contributed by atoms with Gasteiger partial charge in [0.05, 0.1) is 28.5 Å². The summed E-state index contributed by atoms with van der Waals surface area (Å²) in [5.41, 5.74) is 7.59. The van der Waals surface area contributed by atoms with E-state index >= 15 is 0 Å². The molecule has 5 aromatic rings. The summed E-state index contributed by atoms with van der Waals surface area (Å²) < 4.78 is 65.8. The molecule has 0 saturated heterocycles. The van der Waals surface area contributed by atoms with Crippen LogP contribution in [0.25, 0.3) is 10.8 Å². The molecule has 46 heavy (non-hydrogen) atoms.